The molecule has 2 nitrogen and oxygen atoms in total. The molecule has 1 saturated carbocycles. The van der Waals surface area contributed by atoms with Crippen LogP contribution >= 0.6 is 31.9 Å². The van der Waals surface area contributed by atoms with Crippen LogP contribution in [0, 0.1) is 0 Å². The van der Waals surface area contributed by atoms with E-state index in [0.29, 0.717) is 6.10 Å². The van der Waals surface area contributed by atoms with Crippen LogP contribution in [0.3, 0.4) is 0 Å². The minimum absolute atomic E-state index is 0.273. The van der Waals surface area contributed by atoms with Gasteiger partial charge < -0.3 is 9.47 Å². The van der Waals surface area contributed by atoms with Crippen molar-refractivity contribution in [1.82, 2.24) is 0 Å². The first-order valence-electron chi connectivity index (χ1n) is 6.26. The fourth-order valence-corrected chi connectivity index (χ4v) is 3.19. The van der Waals surface area contributed by atoms with E-state index in [1.807, 2.05) is 6.07 Å². The molecule has 1 aliphatic rings. The molecular formula is C14H18Br2O2. The van der Waals surface area contributed by atoms with Crippen molar-refractivity contribution in [3.63, 3.8) is 0 Å². The molecule has 0 bridgehead atoms. The third-order valence-electron chi connectivity index (χ3n) is 3.36. The van der Waals surface area contributed by atoms with Crippen LogP contribution < -0.4 is 4.74 Å². The summed E-state index contributed by atoms with van der Waals surface area (Å²) in [6.45, 7) is 0. The summed E-state index contributed by atoms with van der Waals surface area (Å²) < 4.78 is 12.5. The largest absolute Gasteiger partial charge is 0.489 e. The molecular weight excluding hydrogens is 360 g/mol. The molecule has 1 fully saturated rings. The normalized spacial score (nSPS) is 23.9. The van der Waals surface area contributed by atoms with Gasteiger partial charge in [-0.15, -0.1) is 0 Å². The monoisotopic (exact) mass is 376 g/mol. The van der Waals surface area contributed by atoms with Crippen LogP contribution in [-0.2, 0) is 10.1 Å². The van der Waals surface area contributed by atoms with Crippen LogP contribution in [0.25, 0.3) is 0 Å². The Labute approximate surface area is 125 Å². The Hall–Kier alpha value is -0.0600. The molecule has 1 aromatic carbocycles. The van der Waals surface area contributed by atoms with E-state index in [4.69, 9.17) is 9.47 Å². The standard InChI is InChI=1S/C14H18Br2O2/c1-17-11-3-2-4-12(8-11)18-14-6-5-10(9-15)7-13(14)16/h5-7,11-12H,2-4,8-9H2,1H3. The summed E-state index contributed by atoms with van der Waals surface area (Å²) in [5, 5.41) is 0.862. The van der Waals surface area contributed by atoms with Gasteiger partial charge in [0.1, 0.15) is 11.9 Å². The second-order valence-electron chi connectivity index (χ2n) is 4.66. The number of rotatable bonds is 4. The number of ether oxygens (including phenoxy) is 2. The lowest BCUT2D eigenvalue weighted by Crippen LogP contribution is -2.29. The summed E-state index contributed by atoms with van der Waals surface area (Å²) in [6.07, 6.45) is 5.06. The maximum Gasteiger partial charge on any atom is 0.133 e. The van der Waals surface area contributed by atoms with Gasteiger partial charge in [0, 0.05) is 18.9 Å². The predicted octanol–water partition coefficient (Wildman–Crippen LogP) is 4.68. The zero-order valence-corrected chi connectivity index (χ0v) is 13.7. The van der Waals surface area contributed by atoms with E-state index < -0.39 is 0 Å². The highest BCUT2D eigenvalue weighted by Gasteiger charge is 2.23. The Balaban J connectivity index is 2.00. The van der Waals surface area contributed by atoms with Crippen molar-refractivity contribution in [2.45, 2.75) is 43.2 Å². The third kappa shape index (κ3) is 3.72. The van der Waals surface area contributed by atoms with Gasteiger partial charge >= 0.3 is 0 Å². The van der Waals surface area contributed by atoms with Gasteiger partial charge in [0.25, 0.3) is 0 Å². The molecule has 0 saturated heterocycles. The molecule has 0 N–H and O–H groups in total. The van der Waals surface area contributed by atoms with E-state index in [9.17, 15) is 0 Å². The fraction of sp³-hybridized carbons (Fsp3) is 0.571. The minimum Gasteiger partial charge on any atom is -0.489 e. The van der Waals surface area contributed by atoms with Crippen LogP contribution in [0.5, 0.6) is 5.75 Å². The summed E-state index contributed by atoms with van der Waals surface area (Å²) in [6, 6.07) is 6.23. The number of alkyl halides is 1. The van der Waals surface area contributed by atoms with Gasteiger partial charge in [0.2, 0.25) is 0 Å². The molecule has 2 unspecified atom stereocenters. The second kappa shape index (κ2) is 6.92. The smallest absolute Gasteiger partial charge is 0.133 e. The summed E-state index contributed by atoms with van der Waals surface area (Å²) in [7, 11) is 1.79. The van der Waals surface area contributed by atoms with Crippen molar-refractivity contribution in [3.8, 4) is 5.75 Å². The summed E-state index contributed by atoms with van der Waals surface area (Å²) in [5.41, 5.74) is 1.24. The second-order valence-corrected chi connectivity index (χ2v) is 6.08. The molecule has 1 aromatic rings. The van der Waals surface area contributed by atoms with E-state index in [2.05, 4.69) is 44.0 Å². The van der Waals surface area contributed by atoms with Gasteiger partial charge in [-0.3, -0.25) is 0 Å². The number of hydrogen-bond donors (Lipinski definition) is 0. The number of hydrogen-bond acceptors (Lipinski definition) is 2. The van der Waals surface area contributed by atoms with Crippen LogP contribution in [0.2, 0.25) is 0 Å². The van der Waals surface area contributed by atoms with Crippen molar-refractivity contribution in [3.05, 3.63) is 28.2 Å². The zero-order valence-electron chi connectivity index (χ0n) is 10.5. The van der Waals surface area contributed by atoms with Crippen molar-refractivity contribution in [2.75, 3.05) is 7.11 Å². The lowest BCUT2D eigenvalue weighted by Gasteiger charge is -2.29. The first-order valence-corrected chi connectivity index (χ1v) is 8.18. The summed E-state index contributed by atoms with van der Waals surface area (Å²) >= 11 is 7.02. The zero-order chi connectivity index (χ0) is 13.0. The molecule has 0 aromatic heterocycles. The van der Waals surface area contributed by atoms with Crippen LogP contribution in [0.15, 0.2) is 22.7 Å². The van der Waals surface area contributed by atoms with E-state index in [1.165, 1.54) is 12.0 Å². The molecule has 0 aliphatic heterocycles. The first kappa shape index (κ1) is 14.4. The van der Waals surface area contributed by atoms with E-state index in [0.717, 1.165) is 34.8 Å². The minimum atomic E-state index is 0.273. The molecule has 2 atom stereocenters. The maximum atomic E-state index is 6.08. The van der Waals surface area contributed by atoms with Crippen LogP contribution in [-0.4, -0.2) is 19.3 Å². The van der Waals surface area contributed by atoms with E-state index >= 15 is 0 Å². The number of benzene rings is 1. The van der Waals surface area contributed by atoms with Crippen molar-refractivity contribution < 1.29 is 9.47 Å². The highest BCUT2D eigenvalue weighted by Crippen LogP contribution is 2.31. The van der Waals surface area contributed by atoms with E-state index in [1.54, 1.807) is 7.11 Å². The molecule has 0 heterocycles. The SMILES string of the molecule is COC1CCCC(Oc2ccc(CBr)cc2Br)C1. The van der Waals surface area contributed by atoms with Crippen LogP contribution in [0.1, 0.15) is 31.2 Å². The molecule has 1 aliphatic carbocycles. The van der Waals surface area contributed by atoms with Gasteiger partial charge in [0.15, 0.2) is 0 Å². The molecule has 0 radical (unpaired) electrons. The summed E-state index contributed by atoms with van der Waals surface area (Å²) in [4.78, 5) is 0. The molecule has 18 heavy (non-hydrogen) atoms. The maximum absolute atomic E-state index is 6.08. The average Bonchev–Trinajstić information content (AvgIpc) is 2.41. The first-order chi connectivity index (χ1) is 8.72. The average molecular weight is 378 g/mol. The predicted molar refractivity (Wildman–Crippen MR) is 80.5 cm³/mol. The third-order valence-corrected chi connectivity index (χ3v) is 4.62. The van der Waals surface area contributed by atoms with Gasteiger partial charge in [-0.25, -0.2) is 0 Å². The molecule has 2 rings (SSSR count). The van der Waals surface area contributed by atoms with Crippen molar-refractivity contribution in [1.29, 1.82) is 0 Å². The Kier molecular flexibility index (Phi) is 5.52. The topological polar surface area (TPSA) is 18.5 Å². The van der Waals surface area contributed by atoms with Gasteiger partial charge in [0.05, 0.1) is 10.6 Å². The molecule has 4 heteroatoms. The highest BCUT2D eigenvalue weighted by molar-refractivity contribution is 9.10. The highest BCUT2D eigenvalue weighted by atomic mass is 79.9. The lowest BCUT2D eigenvalue weighted by atomic mass is 9.95. The quantitative estimate of drug-likeness (QED) is 0.709. The molecule has 0 amide bonds. The summed E-state index contributed by atoms with van der Waals surface area (Å²) in [5.74, 6) is 0.932. The molecule has 0 spiro atoms. The Morgan fingerprint density at radius 1 is 1.28 bits per heavy atom. The number of halogens is 2. The van der Waals surface area contributed by atoms with E-state index in [-0.39, 0.29) is 6.10 Å². The fourth-order valence-electron chi connectivity index (χ4n) is 2.33. The van der Waals surface area contributed by atoms with Gasteiger partial charge in [-0.05, 0) is 52.9 Å². The Morgan fingerprint density at radius 3 is 2.72 bits per heavy atom. The van der Waals surface area contributed by atoms with Crippen LogP contribution in [0.4, 0.5) is 0 Å². The Bertz CT molecular complexity index is 395. The lowest BCUT2D eigenvalue weighted by molar-refractivity contribution is 0.0207. The Morgan fingerprint density at radius 2 is 2.06 bits per heavy atom. The van der Waals surface area contributed by atoms with Gasteiger partial charge in [-0.1, -0.05) is 22.0 Å². The molecule has 100 valence electrons. The number of methoxy groups -OCH3 is 1. The van der Waals surface area contributed by atoms with Crippen molar-refractivity contribution >= 4 is 31.9 Å². The van der Waals surface area contributed by atoms with Crippen molar-refractivity contribution in [2.24, 2.45) is 0 Å². The van der Waals surface area contributed by atoms with Gasteiger partial charge in [-0.2, -0.15) is 0 Å².